The SMILES string of the molecule is C=Cc1c(/C=C\C)c2cc3c(cc2n1-c1ccccc1)N(c1c(C)cc(C2=CCCC=C2)cc1C)c1cc(C)cc2c1B3c1ccc(C(C)(C)C)cc1N2c1c(C)cc(-c2cccc3c2oc2ccccc23)cc1C. The number of hydrogen-bond donors (Lipinski definition) is 0. The van der Waals surface area contributed by atoms with Gasteiger partial charge in [0.05, 0.1) is 22.6 Å². The van der Waals surface area contributed by atoms with Crippen molar-refractivity contribution < 1.29 is 4.42 Å². The molecule has 0 fully saturated rings. The lowest BCUT2D eigenvalue weighted by Crippen LogP contribution is -2.61. The fraction of sp³-hybridized carbons (Fsp3) is 0.171. The summed E-state index contributed by atoms with van der Waals surface area (Å²) in [5, 5.41) is 3.49. The van der Waals surface area contributed by atoms with Crippen molar-refractivity contribution in [2.45, 2.75) is 80.6 Å². The van der Waals surface area contributed by atoms with Crippen LogP contribution in [0, 0.1) is 34.6 Å². The summed E-state index contributed by atoms with van der Waals surface area (Å²) in [6.45, 7) is 25.0. The maximum absolute atomic E-state index is 6.64. The van der Waals surface area contributed by atoms with Crippen LogP contribution in [0.5, 0.6) is 0 Å². The van der Waals surface area contributed by atoms with E-state index in [0.29, 0.717) is 0 Å². The minimum Gasteiger partial charge on any atom is -0.455 e. The Bertz CT molecular complexity index is 4100. The molecule has 2 aromatic heterocycles. The van der Waals surface area contributed by atoms with E-state index < -0.39 is 0 Å². The second-order valence-electron chi connectivity index (χ2n) is 22.3. The van der Waals surface area contributed by atoms with Gasteiger partial charge in [-0.15, -0.1) is 0 Å². The smallest absolute Gasteiger partial charge is 0.252 e. The average Bonchev–Trinajstić information content (AvgIpc) is 4.07. The van der Waals surface area contributed by atoms with Gasteiger partial charge in [0.1, 0.15) is 11.2 Å². The van der Waals surface area contributed by atoms with Crippen molar-refractivity contribution in [1.29, 1.82) is 0 Å². The normalized spacial score (nSPS) is 14.0. The maximum atomic E-state index is 6.64. The minimum absolute atomic E-state index is 0.0692. The Morgan fingerprint density at radius 3 is 1.92 bits per heavy atom. The Balaban J connectivity index is 1.11. The highest BCUT2D eigenvalue weighted by Gasteiger charge is 2.45. The summed E-state index contributed by atoms with van der Waals surface area (Å²) in [6, 6.07) is 52.6. The summed E-state index contributed by atoms with van der Waals surface area (Å²) in [5.41, 5.74) is 29.7. The Labute approximate surface area is 442 Å². The van der Waals surface area contributed by atoms with E-state index in [9.17, 15) is 0 Å². The van der Waals surface area contributed by atoms with Crippen LogP contribution in [0.25, 0.3) is 67.4 Å². The van der Waals surface area contributed by atoms with Gasteiger partial charge in [-0.05, 0) is 199 Å². The van der Waals surface area contributed by atoms with Crippen molar-refractivity contribution in [3.05, 3.63) is 221 Å². The molecule has 366 valence electrons. The van der Waals surface area contributed by atoms with E-state index in [1.165, 1.54) is 106 Å². The van der Waals surface area contributed by atoms with Crippen LogP contribution < -0.4 is 26.2 Å². The number of benzene rings is 8. The molecule has 5 heteroatoms. The second-order valence-corrected chi connectivity index (χ2v) is 22.3. The number of aromatic nitrogens is 1. The van der Waals surface area contributed by atoms with E-state index in [0.717, 1.165) is 62.8 Å². The molecule has 0 bridgehead atoms. The van der Waals surface area contributed by atoms with Gasteiger partial charge in [0, 0.05) is 55.7 Å². The van der Waals surface area contributed by atoms with Crippen LogP contribution in [0.3, 0.4) is 0 Å². The van der Waals surface area contributed by atoms with Gasteiger partial charge in [-0.3, -0.25) is 0 Å². The highest BCUT2D eigenvalue weighted by Crippen LogP contribution is 2.50. The molecule has 0 amide bonds. The predicted octanol–water partition coefficient (Wildman–Crippen LogP) is 17.5. The van der Waals surface area contributed by atoms with E-state index in [2.05, 4.69) is 253 Å². The number of hydrogen-bond acceptors (Lipinski definition) is 3. The van der Waals surface area contributed by atoms with E-state index in [1.54, 1.807) is 0 Å². The van der Waals surface area contributed by atoms with Crippen LogP contribution in [0.2, 0.25) is 0 Å². The lowest BCUT2D eigenvalue weighted by atomic mass is 9.33. The van der Waals surface area contributed by atoms with Gasteiger partial charge in [0.2, 0.25) is 0 Å². The fourth-order valence-corrected chi connectivity index (χ4v) is 13.0. The molecular formula is C70H62BN3O. The Hall–Kier alpha value is -8.28. The highest BCUT2D eigenvalue weighted by molar-refractivity contribution is 7.00. The molecule has 0 saturated heterocycles. The number of fused-ring (bicyclic) bond motifs is 8. The molecule has 75 heavy (non-hydrogen) atoms. The molecule has 0 saturated carbocycles. The molecule has 13 rings (SSSR count). The lowest BCUT2D eigenvalue weighted by molar-refractivity contribution is 0.590. The number of aryl methyl sites for hydroxylation is 5. The van der Waals surface area contributed by atoms with Crippen molar-refractivity contribution in [2.24, 2.45) is 0 Å². The quantitative estimate of drug-likeness (QED) is 0.149. The topological polar surface area (TPSA) is 24.6 Å². The van der Waals surface area contributed by atoms with E-state index in [1.807, 2.05) is 6.08 Å². The number of allylic oxidation sites excluding steroid dienone is 5. The predicted molar refractivity (Wildman–Crippen MR) is 324 cm³/mol. The molecule has 3 aliphatic rings. The molecule has 0 spiro atoms. The van der Waals surface area contributed by atoms with E-state index >= 15 is 0 Å². The second kappa shape index (κ2) is 17.4. The van der Waals surface area contributed by atoms with Crippen LogP contribution in [0.1, 0.15) is 90.7 Å². The van der Waals surface area contributed by atoms with Gasteiger partial charge in [0.15, 0.2) is 0 Å². The number of rotatable bonds is 7. The third-order valence-electron chi connectivity index (χ3n) is 16.3. The zero-order valence-electron chi connectivity index (χ0n) is 44.7. The summed E-state index contributed by atoms with van der Waals surface area (Å²) < 4.78 is 9.05. The van der Waals surface area contributed by atoms with Crippen molar-refractivity contribution >= 4 is 108 Å². The summed E-state index contributed by atoms with van der Waals surface area (Å²) in [6.07, 6.45) is 15.6. The van der Waals surface area contributed by atoms with Crippen LogP contribution in [-0.2, 0) is 5.41 Å². The summed E-state index contributed by atoms with van der Waals surface area (Å²) in [5.74, 6) is 0. The number of furan rings is 1. The molecule has 1 aliphatic carbocycles. The Morgan fingerprint density at radius 1 is 0.613 bits per heavy atom. The summed E-state index contributed by atoms with van der Waals surface area (Å²) in [7, 11) is 0. The van der Waals surface area contributed by atoms with Gasteiger partial charge < -0.3 is 18.8 Å². The van der Waals surface area contributed by atoms with Crippen molar-refractivity contribution in [3.63, 3.8) is 0 Å². The summed E-state index contributed by atoms with van der Waals surface area (Å²) in [4.78, 5) is 5.26. The third kappa shape index (κ3) is 7.19. The highest BCUT2D eigenvalue weighted by atomic mass is 16.3. The molecule has 0 N–H and O–H groups in total. The lowest BCUT2D eigenvalue weighted by Gasteiger charge is -2.46. The van der Waals surface area contributed by atoms with Crippen LogP contribution >= 0.6 is 0 Å². The van der Waals surface area contributed by atoms with Crippen LogP contribution in [0.4, 0.5) is 34.1 Å². The minimum atomic E-state index is -0.0844. The number of anilines is 6. The van der Waals surface area contributed by atoms with Gasteiger partial charge in [-0.25, -0.2) is 0 Å². The number of para-hydroxylation sites is 3. The van der Waals surface area contributed by atoms with Crippen molar-refractivity contribution in [1.82, 2.24) is 4.57 Å². The van der Waals surface area contributed by atoms with Crippen LogP contribution in [-0.4, -0.2) is 11.3 Å². The molecule has 10 aromatic rings. The average molecular weight is 972 g/mol. The molecular weight excluding hydrogens is 910 g/mol. The van der Waals surface area contributed by atoms with Gasteiger partial charge in [-0.2, -0.15) is 0 Å². The first-order valence-corrected chi connectivity index (χ1v) is 26.7. The molecule has 4 heterocycles. The molecule has 0 atom stereocenters. The molecule has 0 radical (unpaired) electrons. The summed E-state index contributed by atoms with van der Waals surface area (Å²) >= 11 is 0. The Kier molecular flexibility index (Phi) is 10.8. The molecule has 8 aromatic carbocycles. The largest absolute Gasteiger partial charge is 0.455 e. The first-order chi connectivity index (χ1) is 36.3. The standard InChI is InChI=1S/C70H62BN3O/c1-11-22-53-56-40-58-62(41-60(56)72(59(53)12-2)51-25-17-14-18-26-51)74(67-43(4)35-48(36-44(67)5)47-23-15-13-16-24-47)64-34-42(3)33-63-66(64)71(58)57-32-31-50(70(8,9)10)39-61(57)73(63)68-45(6)37-49(38-46(68)7)52-28-21-29-55-54-27-19-20-30-65(54)75-69(52)55/h11-12,14-15,17-41H,2,13,16H2,1,3-10H3/b22-11-. The zero-order valence-corrected chi connectivity index (χ0v) is 44.7. The first kappa shape index (κ1) is 46.5. The van der Waals surface area contributed by atoms with Gasteiger partial charge >= 0.3 is 0 Å². The molecule has 0 unspecified atom stereocenters. The third-order valence-corrected chi connectivity index (χ3v) is 16.3. The number of nitrogens with zero attached hydrogens (tertiary/aromatic N) is 3. The van der Waals surface area contributed by atoms with E-state index in [-0.39, 0.29) is 12.1 Å². The molecule has 4 nitrogen and oxygen atoms in total. The Morgan fingerprint density at radius 2 is 1.27 bits per heavy atom. The van der Waals surface area contributed by atoms with Gasteiger partial charge in [-0.1, -0.05) is 131 Å². The molecule has 2 aliphatic heterocycles. The van der Waals surface area contributed by atoms with Gasteiger partial charge in [0.25, 0.3) is 6.71 Å². The monoisotopic (exact) mass is 971 g/mol. The van der Waals surface area contributed by atoms with Crippen LogP contribution in [0.15, 0.2) is 175 Å². The van der Waals surface area contributed by atoms with E-state index in [4.69, 9.17) is 4.42 Å². The zero-order chi connectivity index (χ0) is 51.6. The van der Waals surface area contributed by atoms with Crippen molar-refractivity contribution in [3.8, 4) is 16.8 Å². The fourth-order valence-electron chi connectivity index (χ4n) is 13.0. The van der Waals surface area contributed by atoms with Crippen molar-refractivity contribution in [2.75, 3.05) is 9.80 Å². The maximum Gasteiger partial charge on any atom is 0.252 e. The first-order valence-electron chi connectivity index (χ1n) is 26.7.